The van der Waals surface area contributed by atoms with E-state index in [1.807, 2.05) is 25.1 Å². The minimum absolute atomic E-state index is 0.0732. The van der Waals surface area contributed by atoms with Crippen LogP contribution in [0.4, 0.5) is 13.2 Å². The van der Waals surface area contributed by atoms with Crippen LogP contribution < -0.4 is 0 Å². The van der Waals surface area contributed by atoms with Gasteiger partial charge in [-0.2, -0.15) is 17.5 Å². The summed E-state index contributed by atoms with van der Waals surface area (Å²) in [6.07, 6.45) is -1.16. The van der Waals surface area contributed by atoms with Crippen LogP contribution in [-0.2, 0) is 33.0 Å². The smallest absolute Gasteiger partial charge is 0.417 e. The fraction of sp³-hybridized carbons (Fsp3) is 0.333. The number of rotatable bonds is 10. The van der Waals surface area contributed by atoms with E-state index in [9.17, 15) is 26.4 Å². The summed E-state index contributed by atoms with van der Waals surface area (Å²) < 4.78 is 69.9. The summed E-state index contributed by atoms with van der Waals surface area (Å²) >= 11 is 0. The molecule has 1 aromatic heterocycles. The highest BCUT2D eigenvalue weighted by Crippen LogP contribution is 2.40. The second kappa shape index (κ2) is 11.0. The highest BCUT2D eigenvalue weighted by atomic mass is 32.2. The van der Waals surface area contributed by atoms with E-state index < -0.39 is 38.2 Å². The monoisotopic (exact) mass is 534 g/mol. The summed E-state index contributed by atoms with van der Waals surface area (Å²) in [5.41, 5.74) is 0.675. The van der Waals surface area contributed by atoms with Crippen LogP contribution >= 0.6 is 0 Å². The number of carbonyl (C=O) groups is 1. The largest absolute Gasteiger partial charge is 0.481 e. The molecule has 0 radical (unpaired) electrons. The molecule has 0 fully saturated rings. The number of benzene rings is 2. The molecule has 0 amide bonds. The Morgan fingerprint density at radius 2 is 1.76 bits per heavy atom. The second-order valence-corrected chi connectivity index (χ2v) is 10.9. The van der Waals surface area contributed by atoms with Crippen molar-refractivity contribution in [1.29, 1.82) is 0 Å². The Morgan fingerprint density at radius 3 is 2.41 bits per heavy atom. The summed E-state index contributed by atoms with van der Waals surface area (Å²) in [5.74, 6) is -1.13. The molecule has 3 aromatic rings. The number of aliphatic carboxylic acids is 1. The van der Waals surface area contributed by atoms with Gasteiger partial charge in [-0.15, -0.1) is 0 Å². The molecule has 1 heterocycles. The molecule has 0 aliphatic rings. The summed E-state index contributed by atoms with van der Waals surface area (Å²) in [5, 5.41) is 9.11. The van der Waals surface area contributed by atoms with E-state index in [2.05, 4.69) is 4.98 Å². The van der Waals surface area contributed by atoms with E-state index in [0.717, 1.165) is 45.6 Å². The third-order valence-corrected chi connectivity index (χ3v) is 8.43. The number of aromatic nitrogens is 1. The van der Waals surface area contributed by atoms with Gasteiger partial charge < -0.3 is 5.11 Å². The van der Waals surface area contributed by atoms with Crippen LogP contribution in [0.25, 0.3) is 11.1 Å². The molecule has 37 heavy (non-hydrogen) atoms. The first-order valence-corrected chi connectivity index (χ1v) is 13.2. The summed E-state index contributed by atoms with van der Waals surface area (Å²) in [6.45, 7) is 4.92. The van der Waals surface area contributed by atoms with Gasteiger partial charge in [0.25, 0.3) is 0 Å². The van der Waals surface area contributed by atoms with Crippen LogP contribution in [-0.4, -0.2) is 35.3 Å². The molecule has 0 spiro atoms. The van der Waals surface area contributed by atoms with Crippen molar-refractivity contribution in [3.05, 3.63) is 83.7 Å². The van der Waals surface area contributed by atoms with Gasteiger partial charge in [0.05, 0.1) is 16.0 Å². The number of hydrogen-bond acceptors (Lipinski definition) is 4. The highest BCUT2D eigenvalue weighted by molar-refractivity contribution is 7.89. The first-order valence-electron chi connectivity index (χ1n) is 11.7. The van der Waals surface area contributed by atoms with Gasteiger partial charge in [0, 0.05) is 25.4 Å². The van der Waals surface area contributed by atoms with E-state index in [-0.39, 0.29) is 19.4 Å². The van der Waals surface area contributed by atoms with Crippen LogP contribution in [0.1, 0.15) is 50.3 Å². The Bertz CT molecular complexity index is 1370. The highest BCUT2D eigenvalue weighted by Gasteiger charge is 2.43. The van der Waals surface area contributed by atoms with Crippen molar-refractivity contribution in [3.63, 3.8) is 0 Å². The first kappa shape index (κ1) is 28.3. The Balaban J connectivity index is 2.16. The molecule has 1 N–H and O–H groups in total. The van der Waals surface area contributed by atoms with E-state index in [4.69, 9.17) is 5.11 Å². The molecule has 0 aliphatic carbocycles. The number of aryl methyl sites for hydroxylation is 1. The van der Waals surface area contributed by atoms with Gasteiger partial charge >= 0.3 is 12.1 Å². The van der Waals surface area contributed by atoms with Crippen molar-refractivity contribution < 1.29 is 31.5 Å². The van der Waals surface area contributed by atoms with Crippen molar-refractivity contribution in [2.75, 3.05) is 6.54 Å². The summed E-state index contributed by atoms with van der Waals surface area (Å²) in [4.78, 5) is 14.4. The summed E-state index contributed by atoms with van der Waals surface area (Å²) in [7, 11) is -4.70. The molecule has 6 nitrogen and oxygen atoms in total. The quantitative estimate of drug-likeness (QED) is 0.339. The van der Waals surface area contributed by atoms with E-state index in [1.165, 1.54) is 6.07 Å². The van der Waals surface area contributed by atoms with Crippen LogP contribution in [0.5, 0.6) is 0 Å². The third-order valence-electron chi connectivity index (χ3n) is 6.30. The average molecular weight is 535 g/mol. The molecule has 0 atom stereocenters. The molecule has 10 heteroatoms. The van der Waals surface area contributed by atoms with Gasteiger partial charge in [0.15, 0.2) is 0 Å². The van der Waals surface area contributed by atoms with Gasteiger partial charge in [0.1, 0.15) is 0 Å². The average Bonchev–Trinajstić information content (AvgIpc) is 2.85. The Kier molecular flexibility index (Phi) is 8.44. The number of hydrogen-bond donors (Lipinski definition) is 1. The van der Waals surface area contributed by atoms with Crippen LogP contribution in [0.3, 0.4) is 0 Å². The Morgan fingerprint density at radius 1 is 1.05 bits per heavy atom. The second-order valence-electron chi connectivity index (χ2n) is 9.09. The first-order chi connectivity index (χ1) is 17.3. The molecule has 0 bridgehead atoms. The maximum atomic E-state index is 13.8. The molecule has 0 saturated heterocycles. The number of carboxylic acids is 1. The van der Waals surface area contributed by atoms with Crippen LogP contribution in [0, 0.1) is 0 Å². The van der Waals surface area contributed by atoms with Gasteiger partial charge in [-0.3, -0.25) is 9.78 Å². The summed E-state index contributed by atoms with van der Waals surface area (Å²) in [6, 6.07) is 13.0. The number of pyridine rings is 1. The van der Waals surface area contributed by atoms with Gasteiger partial charge in [-0.1, -0.05) is 37.3 Å². The molecular weight excluding hydrogens is 505 g/mol. The lowest BCUT2D eigenvalue weighted by atomic mass is 9.90. The number of halogens is 3. The normalized spacial score (nSPS) is 12.6. The number of sulfonamides is 1. The molecule has 0 aliphatic heterocycles. The fourth-order valence-corrected chi connectivity index (χ4v) is 6.35. The topological polar surface area (TPSA) is 87.6 Å². The predicted molar refractivity (Wildman–Crippen MR) is 134 cm³/mol. The number of alkyl halides is 3. The molecular formula is C27H29F3N2O4S. The van der Waals surface area contributed by atoms with Gasteiger partial charge in [-0.25, -0.2) is 8.42 Å². The molecule has 198 valence electrons. The fourth-order valence-electron chi connectivity index (χ4n) is 4.32. The molecule has 0 unspecified atom stereocenters. The van der Waals surface area contributed by atoms with Crippen molar-refractivity contribution in [2.45, 2.75) is 56.6 Å². The SMILES string of the molecule is CCc1cnccc1-c1cccc(C(C)(C)N(CCCC(=O)O)S(=O)(=O)c2ccccc2C(F)(F)F)c1. The predicted octanol–water partition coefficient (Wildman–Crippen LogP) is 6.12. The van der Waals surface area contributed by atoms with Gasteiger partial charge in [0.2, 0.25) is 10.0 Å². The zero-order chi connectivity index (χ0) is 27.4. The van der Waals surface area contributed by atoms with Crippen molar-refractivity contribution in [2.24, 2.45) is 0 Å². The standard InChI is InChI=1S/C27H29F3N2O4S/c1-4-19-18-31-15-14-22(19)20-9-7-10-21(17-20)26(2,3)32(16-8-13-25(33)34)37(35,36)24-12-6-5-11-23(24)27(28,29)30/h5-7,9-12,14-15,17-18H,4,8,13,16H2,1-3H3,(H,33,34). The van der Waals surface area contributed by atoms with E-state index in [0.29, 0.717) is 5.56 Å². The van der Waals surface area contributed by atoms with Crippen molar-refractivity contribution in [3.8, 4) is 11.1 Å². The minimum atomic E-state index is -4.89. The lowest BCUT2D eigenvalue weighted by molar-refractivity contribution is -0.140. The lowest BCUT2D eigenvalue weighted by Crippen LogP contribution is -2.46. The zero-order valence-electron chi connectivity index (χ0n) is 20.8. The maximum Gasteiger partial charge on any atom is 0.417 e. The maximum absolute atomic E-state index is 13.8. The van der Waals surface area contributed by atoms with E-state index in [1.54, 1.807) is 38.4 Å². The van der Waals surface area contributed by atoms with E-state index >= 15 is 0 Å². The van der Waals surface area contributed by atoms with Crippen LogP contribution in [0.2, 0.25) is 0 Å². The van der Waals surface area contributed by atoms with Crippen molar-refractivity contribution >= 4 is 16.0 Å². The molecule has 0 saturated carbocycles. The van der Waals surface area contributed by atoms with Crippen LogP contribution in [0.15, 0.2) is 71.9 Å². The molecule has 2 aromatic carbocycles. The minimum Gasteiger partial charge on any atom is -0.481 e. The van der Waals surface area contributed by atoms with Crippen molar-refractivity contribution in [1.82, 2.24) is 9.29 Å². The molecule has 3 rings (SSSR count). The lowest BCUT2D eigenvalue weighted by Gasteiger charge is -2.38. The Hall–Kier alpha value is -3.24. The zero-order valence-corrected chi connectivity index (χ0v) is 21.6. The Labute approximate surface area is 214 Å². The number of nitrogens with zero attached hydrogens (tertiary/aromatic N) is 2. The number of carboxylic acid groups (broad SMARTS) is 1. The third kappa shape index (κ3) is 6.19. The van der Waals surface area contributed by atoms with Gasteiger partial charge in [-0.05, 0) is 73.2 Å².